The van der Waals surface area contributed by atoms with E-state index in [4.69, 9.17) is 4.74 Å². The fourth-order valence-electron chi connectivity index (χ4n) is 8.92. The minimum Gasteiger partial charge on any atom is -0.456 e. The molecule has 11 rings (SSSR count). The van der Waals surface area contributed by atoms with Crippen molar-refractivity contribution in [2.24, 2.45) is 7.05 Å². The number of hydrogen-bond acceptors (Lipinski definition) is 2. The standard InChI is InChI=1S/C37H26N4O/c1-36(2)26-14-6-11-23-21-9-4-5-10-22(21)24-13-8-18-39-35(24)41(32(23)26)33-27(36)16-17-29-31(33)37(39)30-25(12-7-15-28(30)42-29)34-38(3)19-20-40(34)37/h4-20H,1-3H3/q+2. The Labute approximate surface area is 243 Å². The fourth-order valence-corrected chi connectivity index (χ4v) is 8.92. The molecule has 0 N–H and O–H groups in total. The first kappa shape index (κ1) is 21.6. The normalized spacial score (nSPS) is 19.3. The second-order valence-corrected chi connectivity index (χ2v) is 12.7. The summed E-state index contributed by atoms with van der Waals surface area (Å²) in [6.45, 7) is 4.77. The zero-order valence-corrected chi connectivity index (χ0v) is 23.5. The summed E-state index contributed by atoms with van der Waals surface area (Å²) in [5, 5.41) is 0. The summed E-state index contributed by atoms with van der Waals surface area (Å²) in [4.78, 5) is 2.57. The summed E-state index contributed by atoms with van der Waals surface area (Å²) in [5.41, 5.74) is 13.0. The van der Waals surface area contributed by atoms with Crippen molar-refractivity contribution in [2.75, 3.05) is 4.90 Å². The first-order valence-electron chi connectivity index (χ1n) is 14.7. The SMILES string of the molecule is Cn1cc[n+]2c1-c1cccc3c1C21c2c(ccc4c2N2c5c(cccc5C4(C)C)-c4ccccc4-c4ccc[n+]1c42)O3. The van der Waals surface area contributed by atoms with Crippen molar-refractivity contribution in [2.45, 2.75) is 24.9 Å². The maximum absolute atomic E-state index is 6.87. The molecular formula is C37H26N4O+2. The van der Waals surface area contributed by atoms with Gasteiger partial charge in [-0.3, -0.25) is 0 Å². The quantitative estimate of drug-likeness (QED) is 0.192. The minimum atomic E-state index is -0.634. The zero-order valence-electron chi connectivity index (χ0n) is 23.5. The first-order chi connectivity index (χ1) is 20.5. The van der Waals surface area contributed by atoms with E-state index in [9.17, 15) is 0 Å². The average Bonchev–Trinajstić information content (AvgIpc) is 3.50. The van der Waals surface area contributed by atoms with Crippen LogP contribution in [0.25, 0.3) is 33.6 Å². The van der Waals surface area contributed by atoms with Gasteiger partial charge in [-0.05, 0) is 41.5 Å². The molecule has 5 aliphatic rings. The predicted molar refractivity (Wildman–Crippen MR) is 161 cm³/mol. The number of para-hydroxylation sites is 1. The van der Waals surface area contributed by atoms with Crippen LogP contribution in [-0.4, -0.2) is 4.57 Å². The van der Waals surface area contributed by atoms with E-state index in [1.165, 1.54) is 73.1 Å². The van der Waals surface area contributed by atoms with Crippen molar-refractivity contribution >= 4 is 17.2 Å². The predicted octanol–water partition coefficient (Wildman–Crippen LogP) is 7.05. The molecule has 198 valence electrons. The molecule has 7 heterocycles. The average molecular weight is 543 g/mol. The van der Waals surface area contributed by atoms with Gasteiger partial charge < -0.3 is 4.74 Å². The molecule has 0 saturated carbocycles. The van der Waals surface area contributed by atoms with Crippen LogP contribution in [0.15, 0.2) is 104 Å². The molecule has 2 aromatic heterocycles. The van der Waals surface area contributed by atoms with E-state index < -0.39 is 5.66 Å². The number of aryl methyl sites for hydroxylation is 1. The minimum absolute atomic E-state index is 0.216. The van der Waals surface area contributed by atoms with Crippen LogP contribution < -0.4 is 18.8 Å². The van der Waals surface area contributed by atoms with Gasteiger partial charge in [0.1, 0.15) is 40.7 Å². The number of aromatic nitrogens is 3. The highest BCUT2D eigenvalue weighted by molar-refractivity contribution is 6.05. The lowest BCUT2D eigenvalue weighted by Gasteiger charge is -2.45. The summed E-state index contributed by atoms with van der Waals surface area (Å²) in [6.07, 6.45) is 6.73. The monoisotopic (exact) mass is 542 g/mol. The highest BCUT2D eigenvalue weighted by atomic mass is 16.5. The Bertz CT molecular complexity index is 2290. The number of benzene rings is 4. The van der Waals surface area contributed by atoms with Gasteiger partial charge in [0.25, 0.3) is 11.6 Å². The van der Waals surface area contributed by atoms with Crippen LogP contribution in [0.2, 0.25) is 0 Å². The summed E-state index contributed by atoms with van der Waals surface area (Å²) in [5.74, 6) is 4.23. The highest BCUT2D eigenvalue weighted by Crippen LogP contribution is 2.66. The molecular weight excluding hydrogens is 516 g/mol. The summed E-state index contributed by atoms with van der Waals surface area (Å²) in [7, 11) is 2.15. The topological polar surface area (TPSA) is 25.2 Å². The molecule has 42 heavy (non-hydrogen) atoms. The van der Waals surface area contributed by atoms with Crippen molar-refractivity contribution in [1.82, 2.24) is 4.57 Å². The Kier molecular flexibility index (Phi) is 3.34. The van der Waals surface area contributed by atoms with Gasteiger partial charge in [-0.15, -0.1) is 0 Å². The van der Waals surface area contributed by atoms with Gasteiger partial charge in [0, 0.05) is 22.1 Å². The van der Waals surface area contributed by atoms with Gasteiger partial charge >= 0.3 is 5.66 Å². The molecule has 0 fully saturated rings. The van der Waals surface area contributed by atoms with Crippen molar-refractivity contribution in [3.63, 3.8) is 0 Å². The van der Waals surface area contributed by atoms with Gasteiger partial charge in [-0.1, -0.05) is 68.4 Å². The number of rotatable bonds is 0. The number of fused-ring (bicyclic) bond motifs is 5. The smallest absolute Gasteiger partial charge is 0.318 e. The van der Waals surface area contributed by atoms with Crippen LogP contribution in [0.1, 0.15) is 36.1 Å². The molecule has 5 heteroatoms. The van der Waals surface area contributed by atoms with Gasteiger partial charge in [0.15, 0.2) is 5.69 Å². The molecule has 1 atom stereocenters. The number of ether oxygens (including phenoxy) is 1. The second-order valence-electron chi connectivity index (χ2n) is 12.7. The third kappa shape index (κ3) is 1.98. The third-order valence-electron chi connectivity index (χ3n) is 10.5. The largest absolute Gasteiger partial charge is 0.456 e. The molecule has 5 nitrogen and oxygen atoms in total. The van der Waals surface area contributed by atoms with Crippen LogP contribution in [0.5, 0.6) is 11.5 Å². The Morgan fingerprint density at radius 1 is 0.619 bits per heavy atom. The van der Waals surface area contributed by atoms with E-state index in [1.54, 1.807) is 0 Å². The Balaban J connectivity index is 1.45. The molecule has 6 aromatic rings. The van der Waals surface area contributed by atoms with Gasteiger partial charge in [-0.25, -0.2) is 4.57 Å². The third-order valence-corrected chi connectivity index (χ3v) is 10.5. The van der Waals surface area contributed by atoms with Crippen molar-refractivity contribution in [3.8, 4) is 45.1 Å². The van der Waals surface area contributed by atoms with Crippen LogP contribution >= 0.6 is 0 Å². The number of anilines is 3. The van der Waals surface area contributed by atoms with Gasteiger partial charge in [0.2, 0.25) is 0 Å². The van der Waals surface area contributed by atoms with E-state index in [1.807, 2.05) is 0 Å². The summed E-state index contributed by atoms with van der Waals surface area (Å²) in [6, 6.07) is 31.4. The van der Waals surface area contributed by atoms with E-state index in [0.29, 0.717) is 0 Å². The molecule has 0 aliphatic carbocycles. The maximum Gasteiger partial charge on any atom is 0.318 e. The molecule has 1 spiro atoms. The maximum atomic E-state index is 6.87. The molecule has 4 aromatic carbocycles. The van der Waals surface area contributed by atoms with E-state index in [-0.39, 0.29) is 5.41 Å². The molecule has 1 unspecified atom stereocenters. The van der Waals surface area contributed by atoms with Crippen LogP contribution in [0.4, 0.5) is 17.2 Å². The molecule has 0 saturated heterocycles. The van der Waals surface area contributed by atoms with Gasteiger partial charge in [0.05, 0.1) is 24.4 Å². The van der Waals surface area contributed by atoms with Crippen molar-refractivity contribution in [1.29, 1.82) is 0 Å². The highest BCUT2D eigenvalue weighted by Gasteiger charge is 2.69. The molecule has 5 aliphatic heterocycles. The van der Waals surface area contributed by atoms with Gasteiger partial charge in [-0.2, -0.15) is 14.0 Å². The van der Waals surface area contributed by atoms with Crippen molar-refractivity contribution < 1.29 is 13.9 Å². The number of hydrogen-bond donors (Lipinski definition) is 0. The Hall–Kier alpha value is -5.16. The van der Waals surface area contributed by atoms with Crippen LogP contribution in [0, 0.1) is 0 Å². The lowest BCUT2D eigenvalue weighted by atomic mass is 9.69. The summed E-state index contributed by atoms with van der Waals surface area (Å²) >= 11 is 0. The van der Waals surface area contributed by atoms with Crippen LogP contribution in [0.3, 0.4) is 0 Å². The summed E-state index contributed by atoms with van der Waals surface area (Å²) < 4.78 is 14.2. The first-order valence-corrected chi connectivity index (χ1v) is 14.7. The van der Waals surface area contributed by atoms with E-state index in [0.717, 1.165) is 11.5 Å². The lowest BCUT2D eigenvalue weighted by Crippen LogP contribution is -2.76. The lowest BCUT2D eigenvalue weighted by molar-refractivity contribution is -0.958. The number of nitrogens with zero attached hydrogens (tertiary/aromatic N) is 4. The van der Waals surface area contributed by atoms with E-state index in [2.05, 4.69) is 143 Å². The fraction of sp³-hybridized carbons (Fsp3) is 0.135. The van der Waals surface area contributed by atoms with Crippen molar-refractivity contribution in [3.05, 3.63) is 126 Å². The number of imidazole rings is 1. The molecule has 0 amide bonds. The number of pyridine rings is 1. The zero-order chi connectivity index (χ0) is 27.7. The second kappa shape index (κ2) is 6.50. The van der Waals surface area contributed by atoms with Crippen LogP contribution in [-0.2, 0) is 18.1 Å². The Morgan fingerprint density at radius 2 is 1.33 bits per heavy atom. The molecule has 0 radical (unpaired) electrons. The van der Waals surface area contributed by atoms with E-state index >= 15 is 0 Å². The molecule has 0 bridgehead atoms. The Morgan fingerprint density at radius 3 is 2.21 bits per heavy atom.